The van der Waals surface area contributed by atoms with Gasteiger partial charge in [0.15, 0.2) is 0 Å². The Morgan fingerprint density at radius 1 is 1.00 bits per heavy atom. The van der Waals surface area contributed by atoms with Crippen molar-refractivity contribution >= 4 is 23.6 Å². The van der Waals surface area contributed by atoms with E-state index in [-0.39, 0.29) is 18.7 Å². The minimum Gasteiger partial charge on any atom is -0.317 e. The van der Waals surface area contributed by atoms with Gasteiger partial charge in [0, 0.05) is 19.0 Å². The highest BCUT2D eigenvalue weighted by atomic mass is 16.2. The first-order valence-corrected chi connectivity index (χ1v) is 11.2. The van der Waals surface area contributed by atoms with E-state index < -0.39 is 23.8 Å². The van der Waals surface area contributed by atoms with Gasteiger partial charge in [0.25, 0.3) is 11.8 Å². The van der Waals surface area contributed by atoms with Gasteiger partial charge in [-0.15, -0.1) is 0 Å². The predicted octanol–water partition coefficient (Wildman–Crippen LogP) is 1.10. The molecule has 4 amide bonds. The van der Waals surface area contributed by atoms with Gasteiger partial charge in [-0.3, -0.25) is 29.4 Å². The van der Waals surface area contributed by atoms with Gasteiger partial charge in [0.1, 0.15) is 6.04 Å². The molecule has 1 saturated carbocycles. The van der Waals surface area contributed by atoms with Crippen LogP contribution in [0.15, 0.2) is 18.2 Å². The van der Waals surface area contributed by atoms with Crippen molar-refractivity contribution in [3.05, 3.63) is 34.9 Å². The zero-order valence-corrected chi connectivity index (χ0v) is 17.5. The van der Waals surface area contributed by atoms with Gasteiger partial charge in [-0.1, -0.05) is 6.07 Å². The van der Waals surface area contributed by atoms with Crippen LogP contribution in [0.3, 0.4) is 0 Å². The average Bonchev–Trinajstić information content (AvgIpc) is 3.26. The number of hydrogen-bond acceptors (Lipinski definition) is 6. The molecule has 3 N–H and O–H groups in total. The summed E-state index contributed by atoms with van der Waals surface area (Å²) in [5.41, 5.74) is 2.10. The molecule has 0 aromatic heterocycles. The Morgan fingerprint density at radius 3 is 2.55 bits per heavy atom. The normalized spacial score (nSPS) is 27.7. The Balaban J connectivity index is 1.25. The molecule has 2 unspecified atom stereocenters. The quantitative estimate of drug-likeness (QED) is 0.625. The van der Waals surface area contributed by atoms with Gasteiger partial charge in [-0.05, 0) is 74.7 Å². The number of carbonyl (C=O) groups is 4. The van der Waals surface area contributed by atoms with Crippen LogP contribution < -0.4 is 16.0 Å². The van der Waals surface area contributed by atoms with E-state index in [2.05, 4.69) is 16.0 Å². The van der Waals surface area contributed by atoms with Crippen LogP contribution in [0, 0.1) is 5.41 Å². The van der Waals surface area contributed by atoms with Crippen molar-refractivity contribution in [2.45, 2.75) is 63.6 Å². The Morgan fingerprint density at radius 2 is 1.77 bits per heavy atom. The van der Waals surface area contributed by atoms with Crippen molar-refractivity contribution in [2.24, 2.45) is 5.41 Å². The highest BCUT2D eigenvalue weighted by molar-refractivity contribution is 6.23. The van der Waals surface area contributed by atoms with Crippen molar-refractivity contribution in [2.75, 3.05) is 13.1 Å². The number of imide groups is 2. The Kier molecular flexibility index (Phi) is 5.14. The van der Waals surface area contributed by atoms with E-state index in [0.29, 0.717) is 29.1 Å². The summed E-state index contributed by atoms with van der Waals surface area (Å²) in [6.45, 7) is 2.86. The fourth-order valence-electron chi connectivity index (χ4n) is 5.68. The summed E-state index contributed by atoms with van der Waals surface area (Å²) in [6.07, 6.45) is 6.42. The van der Waals surface area contributed by atoms with E-state index >= 15 is 0 Å². The zero-order chi connectivity index (χ0) is 21.6. The second-order valence-electron chi connectivity index (χ2n) is 9.40. The molecule has 1 aliphatic carbocycles. The van der Waals surface area contributed by atoms with Crippen molar-refractivity contribution < 1.29 is 19.2 Å². The van der Waals surface area contributed by atoms with Gasteiger partial charge in [-0.2, -0.15) is 0 Å². The van der Waals surface area contributed by atoms with Gasteiger partial charge in [0.2, 0.25) is 11.8 Å². The number of fused-ring (bicyclic) bond motifs is 1. The summed E-state index contributed by atoms with van der Waals surface area (Å²) < 4.78 is 0. The first-order valence-electron chi connectivity index (χ1n) is 11.2. The first kappa shape index (κ1) is 20.3. The van der Waals surface area contributed by atoms with Gasteiger partial charge in [-0.25, -0.2) is 0 Å². The molecule has 164 valence electrons. The Hall–Kier alpha value is -2.58. The van der Waals surface area contributed by atoms with Crippen molar-refractivity contribution in [3.63, 3.8) is 0 Å². The Labute approximate surface area is 181 Å². The van der Waals surface area contributed by atoms with Gasteiger partial charge >= 0.3 is 0 Å². The molecule has 2 saturated heterocycles. The van der Waals surface area contributed by atoms with Gasteiger partial charge < -0.3 is 10.6 Å². The largest absolute Gasteiger partial charge is 0.317 e. The van der Waals surface area contributed by atoms with Crippen molar-refractivity contribution in [1.29, 1.82) is 0 Å². The molecule has 2 atom stereocenters. The van der Waals surface area contributed by atoms with Crippen LogP contribution in [0.4, 0.5) is 0 Å². The Bertz CT molecular complexity index is 953. The van der Waals surface area contributed by atoms with E-state index in [4.69, 9.17) is 0 Å². The van der Waals surface area contributed by atoms with Crippen LogP contribution in [0.2, 0.25) is 0 Å². The number of hydrogen-bond donors (Lipinski definition) is 3. The molecule has 8 nitrogen and oxygen atoms in total. The zero-order valence-electron chi connectivity index (χ0n) is 17.5. The molecule has 8 heteroatoms. The van der Waals surface area contributed by atoms with E-state index in [1.807, 2.05) is 6.07 Å². The summed E-state index contributed by atoms with van der Waals surface area (Å²) >= 11 is 0. The number of carbonyl (C=O) groups excluding carboxylic acids is 4. The molecule has 0 radical (unpaired) electrons. The number of benzene rings is 1. The summed E-state index contributed by atoms with van der Waals surface area (Å²) in [6, 6.07) is 4.88. The second kappa shape index (κ2) is 7.84. The van der Waals surface area contributed by atoms with Crippen molar-refractivity contribution in [1.82, 2.24) is 20.9 Å². The third-order valence-electron chi connectivity index (χ3n) is 7.47. The second-order valence-corrected chi connectivity index (χ2v) is 9.40. The van der Waals surface area contributed by atoms with E-state index in [1.165, 1.54) is 32.1 Å². The summed E-state index contributed by atoms with van der Waals surface area (Å²) in [5.74, 6) is -1.87. The maximum absolute atomic E-state index is 13.0. The number of piperidine rings is 2. The molecule has 4 aliphatic rings. The highest BCUT2D eigenvalue weighted by Gasteiger charge is 2.44. The fraction of sp³-hybridized carbons (Fsp3) is 0.565. The van der Waals surface area contributed by atoms with Crippen LogP contribution in [0.1, 0.15) is 71.2 Å². The summed E-state index contributed by atoms with van der Waals surface area (Å²) in [7, 11) is 0. The lowest BCUT2D eigenvalue weighted by molar-refractivity contribution is -0.136. The molecule has 1 aromatic carbocycles. The maximum Gasteiger partial charge on any atom is 0.262 e. The minimum absolute atomic E-state index is 0.123. The standard InChI is InChI=1S/C23H28N4O4/c28-19-4-3-18(20(29)26-19)27-21(30)16-2-1-14(11-17(16)22(27)31)13-25-15-5-6-23(12-15)7-9-24-10-8-23/h1-2,11,15,18,24-25H,3-10,12-13H2,(H,26,28,29). The van der Waals surface area contributed by atoms with Crippen LogP contribution in [-0.2, 0) is 16.1 Å². The topological polar surface area (TPSA) is 108 Å². The molecule has 5 rings (SSSR count). The third-order valence-corrected chi connectivity index (χ3v) is 7.47. The molecule has 1 spiro atoms. The summed E-state index contributed by atoms with van der Waals surface area (Å²) in [4.78, 5) is 50.4. The SMILES string of the molecule is O=C1CCC(N2C(=O)c3ccc(CNC4CCC5(CCNCC5)C4)cc3C2=O)C(=O)N1. The lowest BCUT2D eigenvalue weighted by Gasteiger charge is -2.34. The van der Waals surface area contributed by atoms with E-state index in [0.717, 1.165) is 23.6 Å². The molecule has 31 heavy (non-hydrogen) atoms. The molecule has 1 aromatic rings. The first-order chi connectivity index (χ1) is 15.0. The molecule has 3 aliphatic heterocycles. The molecule has 3 heterocycles. The third kappa shape index (κ3) is 3.68. The predicted molar refractivity (Wildman–Crippen MR) is 112 cm³/mol. The van der Waals surface area contributed by atoms with Crippen LogP contribution in [0.5, 0.6) is 0 Å². The molecule has 0 bridgehead atoms. The van der Waals surface area contributed by atoms with E-state index in [1.54, 1.807) is 12.1 Å². The number of amides is 4. The van der Waals surface area contributed by atoms with E-state index in [9.17, 15) is 19.2 Å². The lowest BCUT2D eigenvalue weighted by atomic mass is 9.77. The van der Waals surface area contributed by atoms with Crippen LogP contribution in [0.25, 0.3) is 0 Å². The maximum atomic E-state index is 13.0. The highest BCUT2D eigenvalue weighted by Crippen LogP contribution is 2.45. The smallest absolute Gasteiger partial charge is 0.262 e. The van der Waals surface area contributed by atoms with Crippen molar-refractivity contribution in [3.8, 4) is 0 Å². The number of nitrogens with one attached hydrogen (secondary N) is 3. The van der Waals surface area contributed by atoms with Crippen LogP contribution >= 0.6 is 0 Å². The average molecular weight is 425 g/mol. The number of rotatable bonds is 4. The minimum atomic E-state index is -0.925. The van der Waals surface area contributed by atoms with Crippen LogP contribution in [-0.4, -0.2) is 53.7 Å². The molecule has 3 fully saturated rings. The van der Waals surface area contributed by atoms with Gasteiger partial charge in [0.05, 0.1) is 11.1 Å². The monoisotopic (exact) mass is 424 g/mol. The summed E-state index contributed by atoms with van der Waals surface area (Å²) in [5, 5.41) is 9.31. The number of nitrogens with zero attached hydrogens (tertiary/aromatic N) is 1. The molecular weight excluding hydrogens is 396 g/mol. The molecular formula is C23H28N4O4. The lowest BCUT2D eigenvalue weighted by Crippen LogP contribution is -2.54. The fourth-order valence-corrected chi connectivity index (χ4v) is 5.68.